The van der Waals surface area contributed by atoms with Gasteiger partial charge in [0.05, 0.1) is 0 Å². The van der Waals surface area contributed by atoms with Crippen molar-refractivity contribution >= 4 is 0 Å². The summed E-state index contributed by atoms with van der Waals surface area (Å²) in [5, 5.41) is 7.10. The maximum absolute atomic E-state index is 4.71. The topological polar surface area (TPSA) is 51.0 Å². The van der Waals surface area contributed by atoms with Crippen LogP contribution in [0.2, 0.25) is 0 Å². The highest BCUT2D eigenvalue weighted by Gasteiger charge is 2.11. The monoisotopic (exact) mass is 187 g/mol. The average molecular weight is 187 g/mol. The van der Waals surface area contributed by atoms with Crippen LogP contribution in [0, 0.1) is 0 Å². The highest BCUT2D eigenvalue weighted by molar-refractivity contribution is 5.57. The van der Waals surface area contributed by atoms with Gasteiger partial charge in [0.1, 0.15) is 0 Å². The zero-order valence-electron chi connectivity index (χ0n) is 7.53. The molecule has 0 amide bonds. The molecule has 1 N–H and O–H groups in total. The molecule has 4 nitrogen and oxygen atoms in total. The lowest BCUT2D eigenvalue weighted by Gasteiger charge is -1.99. The van der Waals surface area contributed by atoms with E-state index in [0.717, 1.165) is 18.7 Å². The van der Waals surface area contributed by atoms with Crippen LogP contribution in [0.1, 0.15) is 11.1 Å². The van der Waals surface area contributed by atoms with Crippen molar-refractivity contribution in [2.75, 3.05) is 0 Å². The molecule has 14 heavy (non-hydrogen) atoms. The van der Waals surface area contributed by atoms with E-state index in [4.69, 9.17) is 4.52 Å². The predicted molar refractivity (Wildman–Crippen MR) is 50.3 cm³/mol. The van der Waals surface area contributed by atoms with E-state index < -0.39 is 0 Å². The summed E-state index contributed by atoms with van der Waals surface area (Å²) in [4.78, 5) is 4.01. The second-order valence-electron chi connectivity index (χ2n) is 3.34. The Bertz CT molecular complexity index is 450. The molecule has 0 bridgehead atoms. The Kier molecular flexibility index (Phi) is 1.61. The first-order valence-electron chi connectivity index (χ1n) is 4.53. The van der Waals surface area contributed by atoms with E-state index >= 15 is 0 Å². The van der Waals surface area contributed by atoms with Crippen molar-refractivity contribution in [3.8, 4) is 11.4 Å². The molecular formula is C10H9N3O. The van der Waals surface area contributed by atoms with E-state index in [2.05, 4.69) is 27.6 Å². The van der Waals surface area contributed by atoms with Gasteiger partial charge in [-0.3, -0.25) is 0 Å². The number of hydrogen-bond donors (Lipinski definition) is 1. The molecule has 3 rings (SSSR count). The molecule has 0 fully saturated rings. The highest BCUT2D eigenvalue weighted by Crippen LogP contribution is 2.22. The van der Waals surface area contributed by atoms with Crippen LogP contribution in [0.3, 0.4) is 0 Å². The summed E-state index contributed by atoms with van der Waals surface area (Å²) in [6, 6.07) is 6.25. The molecule has 70 valence electrons. The molecule has 2 aromatic rings. The molecule has 0 atom stereocenters. The third-order valence-electron chi connectivity index (χ3n) is 2.46. The van der Waals surface area contributed by atoms with Gasteiger partial charge in [-0.15, -0.1) is 0 Å². The SMILES string of the molecule is c1nc(-c2ccc3c(c2)CNC3)no1. The summed E-state index contributed by atoms with van der Waals surface area (Å²) in [6.07, 6.45) is 1.35. The van der Waals surface area contributed by atoms with Gasteiger partial charge in [0.15, 0.2) is 0 Å². The molecule has 1 aliphatic rings. The maximum Gasteiger partial charge on any atom is 0.214 e. The van der Waals surface area contributed by atoms with Gasteiger partial charge in [0.25, 0.3) is 0 Å². The second kappa shape index (κ2) is 2.92. The number of fused-ring (bicyclic) bond motifs is 1. The van der Waals surface area contributed by atoms with Crippen LogP contribution in [0.5, 0.6) is 0 Å². The van der Waals surface area contributed by atoms with E-state index in [-0.39, 0.29) is 0 Å². The maximum atomic E-state index is 4.71. The summed E-state index contributed by atoms with van der Waals surface area (Å²) in [5.41, 5.74) is 3.70. The van der Waals surface area contributed by atoms with Gasteiger partial charge in [-0.25, -0.2) is 0 Å². The molecule has 1 aliphatic heterocycles. The number of nitrogens with one attached hydrogen (secondary N) is 1. The third-order valence-corrected chi connectivity index (χ3v) is 2.46. The molecule has 1 aromatic carbocycles. The molecule has 1 aromatic heterocycles. The van der Waals surface area contributed by atoms with E-state index in [1.807, 2.05) is 6.07 Å². The van der Waals surface area contributed by atoms with Gasteiger partial charge < -0.3 is 9.84 Å². The fourth-order valence-corrected chi connectivity index (χ4v) is 1.73. The van der Waals surface area contributed by atoms with Crippen LogP contribution in [0.4, 0.5) is 0 Å². The third kappa shape index (κ3) is 1.12. The first kappa shape index (κ1) is 7.70. The average Bonchev–Trinajstić information content (AvgIpc) is 2.88. The Labute approximate surface area is 80.9 Å². The lowest BCUT2D eigenvalue weighted by molar-refractivity contribution is 0.419. The Morgan fingerprint density at radius 3 is 3.00 bits per heavy atom. The van der Waals surface area contributed by atoms with Crippen molar-refractivity contribution in [2.45, 2.75) is 13.1 Å². The normalized spacial score (nSPS) is 14.3. The zero-order chi connectivity index (χ0) is 9.38. The standard InChI is InChI=1S/C10H9N3O/c1-2-8-4-11-5-9(8)3-7(1)10-12-6-14-13-10/h1-3,6,11H,4-5H2. The first-order chi connectivity index (χ1) is 6.93. The smallest absolute Gasteiger partial charge is 0.214 e. The largest absolute Gasteiger partial charge is 0.342 e. The first-order valence-corrected chi connectivity index (χ1v) is 4.53. The van der Waals surface area contributed by atoms with Crippen LogP contribution >= 0.6 is 0 Å². The fraction of sp³-hybridized carbons (Fsp3) is 0.200. The van der Waals surface area contributed by atoms with E-state index in [0.29, 0.717) is 5.82 Å². The van der Waals surface area contributed by atoms with Crippen LogP contribution < -0.4 is 5.32 Å². The van der Waals surface area contributed by atoms with Gasteiger partial charge in [-0.05, 0) is 17.2 Å². The van der Waals surface area contributed by atoms with E-state index in [1.165, 1.54) is 17.5 Å². The number of hydrogen-bond acceptors (Lipinski definition) is 4. The number of rotatable bonds is 1. The minimum absolute atomic E-state index is 0.653. The van der Waals surface area contributed by atoms with Crippen LogP contribution in [-0.4, -0.2) is 10.1 Å². The Balaban J connectivity index is 2.09. The van der Waals surface area contributed by atoms with Crippen LogP contribution in [0.25, 0.3) is 11.4 Å². The molecule has 2 heterocycles. The van der Waals surface area contributed by atoms with Gasteiger partial charge in [0, 0.05) is 18.7 Å². The number of nitrogens with zero attached hydrogens (tertiary/aromatic N) is 2. The molecule has 0 radical (unpaired) electrons. The summed E-state index contributed by atoms with van der Waals surface area (Å²) >= 11 is 0. The molecule has 0 saturated heterocycles. The minimum Gasteiger partial charge on any atom is -0.342 e. The van der Waals surface area contributed by atoms with Gasteiger partial charge in [-0.1, -0.05) is 17.3 Å². The minimum atomic E-state index is 0.653. The number of benzene rings is 1. The van der Waals surface area contributed by atoms with Crippen molar-refractivity contribution in [2.24, 2.45) is 0 Å². The molecule has 0 aliphatic carbocycles. The molecular weight excluding hydrogens is 178 g/mol. The zero-order valence-corrected chi connectivity index (χ0v) is 7.53. The van der Waals surface area contributed by atoms with Crippen molar-refractivity contribution in [3.05, 3.63) is 35.7 Å². The molecule has 0 spiro atoms. The summed E-state index contributed by atoms with van der Waals surface area (Å²) in [5.74, 6) is 0.653. The molecule has 4 heteroatoms. The predicted octanol–water partition coefficient (Wildman–Crippen LogP) is 1.34. The van der Waals surface area contributed by atoms with E-state index in [9.17, 15) is 0 Å². The Morgan fingerprint density at radius 2 is 2.14 bits per heavy atom. The van der Waals surface area contributed by atoms with Crippen molar-refractivity contribution in [3.63, 3.8) is 0 Å². The fourth-order valence-electron chi connectivity index (χ4n) is 1.73. The van der Waals surface area contributed by atoms with Crippen molar-refractivity contribution < 1.29 is 4.52 Å². The summed E-state index contributed by atoms with van der Waals surface area (Å²) in [7, 11) is 0. The quantitative estimate of drug-likeness (QED) is 0.732. The lowest BCUT2D eigenvalue weighted by atomic mass is 10.1. The molecule has 0 unspecified atom stereocenters. The van der Waals surface area contributed by atoms with Gasteiger partial charge in [0.2, 0.25) is 12.2 Å². The van der Waals surface area contributed by atoms with Crippen LogP contribution in [0.15, 0.2) is 29.1 Å². The van der Waals surface area contributed by atoms with Crippen molar-refractivity contribution in [1.82, 2.24) is 15.5 Å². The van der Waals surface area contributed by atoms with Crippen LogP contribution in [-0.2, 0) is 13.1 Å². The summed E-state index contributed by atoms with van der Waals surface area (Å²) in [6.45, 7) is 1.89. The Hall–Kier alpha value is -1.68. The lowest BCUT2D eigenvalue weighted by Crippen LogP contribution is -1.99. The highest BCUT2D eigenvalue weighted by atomic mass is 16.5. The van der Waals surface area contributed by atoms with Crippen molar-refractivity contribution in [1.29, 1.82) is 0 Å². The Morgan fingerprint density at radius 1 is 1.21 bits per heavy atom. The van der Waals surface area contributed by atoms with E-state index in [1.54, 1.807) is 0 Å². The van der Waals surface area contributed by atoms with Gasteiger partial charge >= 0.3 is 0 Å². The number of aromatic nitrogens is 2. The summed E-state index contributed by atoms with van der Waals surface area (Å²) < 4.78 is 4.71. The molecule has 0 saturated carbocycles. The second-order valence-corrected chi connectivity index (χ2v) is 3.34. The van der Waals surface area contributed by atoms with Gasteiger partial charge in [-0.2, -0.15) is 4.98 Å².